The van der Waals surface area contributed by atoms with Gasteiger partial charge in [0.05, 0.1) is 17.3 Å². The fourth-order valence-electron chi connectivity index (χ4n) is 2.29. The van der Waals surface area contributed by atoms with E-state index in [4.69, 9.17) is 0 Å². The largest absolute Gasteiger partial charge is 0.388 e. The van der Waals surface area contributed by atoms with E-state index in [1.165, 1.54) is 5.56 Å². The van der Waals surface area contributed by atoms with Crippen molar-refractivity contribution < 1.29 is 5.11 Å². The number of pyridine rings is 1. The van der Waals surface area contributed by atoms with E-state index < -0.39 is 6.10 Å². The molecule has 1 N–H and O–H groups in total. The Morgan fingerprint density at radius 3 is 3.00 bits per heavy atom. The van der Waals surface area contributed by atoms with Crippen molar-refractivity contribution in [3.63, 3.8) is 0 Å². The molecule has 0 saturated carbocycles. The molecule has 0 spiro atoms. The zero-order chi connectivity index (χ0) is 11.3. The SMILES string of the molecule is C=C1CC(O)c2cc3cc(C)ccc3nc21. The highest BCUT2D eigenvalue weighted by Gasteiger charge is 2.25. The molecule has 1 aliphatic carbocycles. The maximum Gasteiger partial charge on any atom is 0.0852 e. The van der Waals surface area contributed by atoms with Crippen molar-refractivity contribution in [2.75, 3.05) is 0 Å². The van der Waals surface area contributed by atoms with E-state index in [0.717, 1.165) is 27.7 Å². The zero-order valence-corrected chi connectivity index (χ0v) is 9.20. The highest BCUT2D eigenvalue weighted by molar-refractivity contribution is 5.84. The molecule has 0 bridgehead atoms. The van der Waals surface area contributed by atoms with E-state index in [2.05, 4.69) is 30.6 Å². The van der Waals surface area contributed by atoms with Gasteiger partial charge in [-0.15, -0.1) is 0 Å². The van der Waals surface area contributed by atoms with Crippen molar-refractivity contribution in [2.45, 2.75) is 19.4 Å². The summed E-state index contributed by atoms with van der Waals surface area (Å²) in [6.45, 7) is 6.01. The number of aromatic nitrogens is 1. The molecule has 1 aromatic heterocycles. The standard InChI is InChI=1S/C14H13NO/c1-8-3-4-12-10(5-8)7-11-13(16)6-9(2)14(11)15-12/h3-5,7,13,16H,2,6H2,1H3. The van der Waals surface area contributed by atoms with E-state index in [9.17, 15) is 5.11 Å². The van der Waals surface area contributed by atoms with Crippen LogP contribution in [0.25, 0.3) is 16.5 Å². The number of aryl methyl sites for hydroxylation is 1. The molecule has 2 heteroatoms. The summed E-state index contributed by atoms with van der Waals surface area (Å²) in [7, 11) is 0. The first-order valence-electron chi connectivity index (χ1n) is 5.42. The molecular weight excluding hydrogens is 198 g/mol. The highest BCUT2D eigenvalue weighted by atomic mass is 16.3. The lowest BCUT2D eigenvalue weighted by molar-refractivity contribution is 0.190. The van der Waals surface area contributed by atoms with E-state index in [1.54, 1.807) is 0 Å². The quantitative estimate of drug-likeness (QED) is 0.726. The molecule has 0 aliphatic heterocycles. The van der Waals surface area contributed by atoms with Crippen LogP contribution in [-0.2, 0) is 0 Å². The molecule has 1 atom stereocenters. The van der Waals surface area contributed by atoms with Gasteiger partial charge in [-0.25, -0.2) is 4.98 Å². The molecule has 16 heavy (non-hydrogen) atoms. The second kappa shape index (κ2) is 3.16. The topological polar surface area (TPSA) is 33.1 Å². The Labute approximate surface area is 94.3 Å². The lowest BCUT2D eigenvalue weighted by atomic mass is 10.1. The fourth-order valence-corrected chi connectivity index (χ4v) is 2.29. The van der Waals surface area contributed by atoms with Gasteiger partial charge in [-0.1, -0.05) is 18.2 Å². The van der Waals surface area contributed by atoms with Crippen LogP contribution < -0.4 is 0 Å². The lowest BCUT2D eigenvalue weighted by Gasteiger charge is -2.05. The van der Waals surface area contributed by atoms with Gasteiger partial charge in [0.15, 0.2) is 0 Å². The van der Waals surface area contributed by atoms with Crippen LogP contribution in [0.4, 0.5) is 0 Å². The second-order valence-corrected chi connectivity index (χ2v) is 4.45. The first-order chi connectivity index (χ1) is 7.65. The molecule has 1 aromatic carbocycles. The van der Waals surface area contributed by atoms with Gasteiger partial charge in [-0.05, 0) is 30.7 Å². The molecule has 0 amide bonds. The van der Waals surface area contributed by atoms with Crippen LogP contribution in [0.5, 0.6) is 0 Å². The lowest BCUT2D eigenvalue weighted by Crippen LogP contribution is -1.93. The summed E-state index contributed by atoms with van der Waals surface area (Å²) in [6, 6.07) is 8.20. The minimum absolute atomic E-state index is 0.431. The van der Waals surface area contributed by atoms with E-state index in [0.29, 0.717) is 6.42 Å². The summed E-state index contributed by atoms with van der Waals surface area (Å²) in [4.78, 5) is 4.57. The van der Waals surface area contributed by atoms with Gasteiger partial charge in [-0.2, -0.15) is 0 Å². The molecule has 0 saturated heterocycles. The number of hydrogen-bond acceptors (Lipinski definition) is 2. The van der Waals surface area contributed by atoms with Crippen LogP contribution in [0.1, 0.15) is 29.3 Å². The molecular formula is C14H13NO. The van der Waals surface area contributed by atoms with Crippen molar-refractivity contribution in [1.29, 1.82) is 0 Å². The summed E-state index contributed by atoms with van der Waals surface area (Å²) in [5.74, 6) is 0. The Kier molecular flexibility index (Phi) is 1.88. The minimum atomic E-state index is -0.431. The Balaban J connectivity index is 2.34. The van der Waals surface area contributed by atoms with Crippen molar-refractivity contribution in [1.82, 2.24) is 4.98 Å². The van der Waals surface area contributed by atoms with Crippen molar-refractivity contribution in [2.24, 2.45) is 0 Å². The molecule has 1 aliphatic rings. The predicted molar refractivity (Wildman–Crippen MR) is 65.1 cm³/mol. The smallest absolute Gasteiger partial charge is 0.0852 e. The first-order valence-corrected chi connectivity index (χ1v) is 5.42. The van der Waals surface area contributed by atoms with Crippen LogP contribution in [-0.4, -0.2) is 10.1 Å². The van der Waals surface area contributed by atoms with Crippen LogP contribution >= 0.6 is 0 Å². The predicted octanol–water partition coefficient (Wildman–Crippen LogP) is 2.99. The molecule has 3 rings (SSSR count). The van der Waals surface area contributed by atoms with Gasteiger partial charge in [0, 0.05) is 17.4 Å². The van der Waals surface area contributed by atoms with Crippen LogP contribution in [0.15, 0.2) is 30.8 Å². The van der Waals surface area contributed by atoms with Crippen LogP contribution in [0.3, 0.4) is 0 Å². The second-order valence-electron chi connectivity index (χ2n) is 4.45. The summed E-state index contributed by atoms with van der Waals surface area (Å²) in [6.07, 6.45) is 0.178. The average molecular weight is 211 g/mol. The monoisotopic (exact) mass is 211 g/mol. The number of fused-ring (bicyclic) bond motifs is 2. The zero-order valence-electron chi connectivity index (χ0n) is 9.20. The van der Waals surface area contributed by atoms with Crippen molar-refractivity contribution >= 4 is 16.5 Å². The van der Waals surface area contributed by atoms with E-state index >= 15 is 0 Å². The number of aliphatic hydroxyl groups is 1. The molecule has 80 valence electrons. The van der Waals surface area contributed by atoms with Crippen LogP contribution in [0, 0.1) is 6.92 Å². The van der Waals surface area contributed by atoms with Gasteiger partial charge >= 0.3 is 0 Å². The maximum atomic E-state index is 9.88. The van der Waals surface area contributed by atoms with Crippen molar-refractivity contribution in [3.8, 4) is 0 Å². The van der Waals surface area contributed by atoms with E-state index in [-0.39, 0.29) is 0 Å². The van der Waals surface area contributed by atoms with Gasteiger partial charge in [0.25, 0.3) is 0 Å². The van der Waals surface area contributed by atoms with Gasteiger partial charge in [-0.3, -0.25) is 0 Å². The number of rotatable bonds is 0. The normalized spacial score (nSPS) is 19.1. The Morgan fingerprint density at radius 1 is 1.38 bits per heavy atom. The third-order valence-corrected chi connectivity index (χ3v) is 3.13. The molecule has 0 radical (unpaired) electrons. The molecule has 2 aromatic rings. The number of benzene rings is 1. The third kappa shape index (κ3) is 1.27. The van der Waals surface area contributed by atoms with Crippen molar-refractivity contribution in [3.05, 3.63) is 47.7 Å². The molecule has 2 nitrogen and oxygen atoms in total. The Bertz CT molecular complexity index is 601. The first kappa shape index (κ1) is 9.55. The van der Waals surface area contributed by atoms with E-state index in [1.807, 2.05) is 12.1 Å². The summed E-state index contributed by atoms with van der Waals surface area (Å²) >= 11 is 0. The number of nitrogens with zero attached hydrogens (tertiary/aromatic N) is 1. The maximum absolute atomic E-state index is 9.88. The molecule has 1 unspecified atom stereocenters. The third-order valence-electron chi connectivity index (χ3n) is 3.13. The number of hydrogen-bond donors (Lipinski definition) is 1. The number of aliphatic hydroxyl groups excluding tert-OH is 1. The Morgan fingerprint density at radius 2 is 2.19 bits per heavy atom. The van der Waals surface area contributed by atoms with Gasteiger partial charge in [0.2, 0.25) is 0 Å². The summed E-state index contributed by atoms with van der Waals surface area (Å²) < 4.78 is 0. The average Bonchev–Trinajstić information content (AvgIpc) is 2.52. The minimum Gasteiger partial charge on any atom is -0.388 e. The van der Waals surface area contributed by atoms with Gasteiger partial charge < -0.3 is 5.11 Å². The van der Waals surface area contributed by atoms with Crippen LogP contribution in [0.2, 0.25) is 0 Å². The highest BCUT2D eigenvalue weighted by Crippen LogP contribution is 2.38. The molecule has 1 heterocycles. The summed E-state index contributed by atoms with van der Waals surface area (Å²) in [5.41, 5.74) is 4.91. The van der Waals surface area contributed by atoms with Gasteiger partial charge in [0.1, 0.15) is 0 Å². The Hall–Kier alpha value is -1.67. The fraction of sp³-hybridized carbons (Fsp3) is 0.214. The summed E-state index contributed by atoms with van der Waals surface area (Å²) in [5, 5.41) is 11.0. The molecule has 0 fully saturated rings.